The molecule has 18 nitrogen and oxygen atoms in total. The second-order valence-corrected chi connectivity index (χ2v) is 21.7. The van der Waals surface area contributed by atoms with Gasteiger partial charge < -0.3 is 59.9 Å². The molecule has 4 amide bonds. The van der Waals surface area contributed by atoms with Crippen LogP contribution in [0.5, 0.6) is 0 Å². The maximum atomic E-state index is 13.0. The lowest BCUT2D eigenvalue weighted by Gasteiger charge is -2.24. The van der Waals surface area contributed by atoms with E-state index in [1.165, 1.54) is 51.4 Å². The zero-order valence-corrected chi connectivity index (χ0v) is 48.2. The van der Waals surface area contributed by atoms with E-state index in [9.17, 15) is 39.0 Å². The number of esters is 2. The van der Waals surface area contributed by atoms with Crippen LogP contribution in [0.15, 0.2) is 42.5 Å². The summed E-state index contributed by atoms with van der Waals surface area (Å²) in [4.78, 5) is 74.6. The number of benzene rings is 2. The maximum absolute atomic E-state index is 13.0. The highest BCUT2D eigenvalue weighted by Gasteiger charge is 2.27. The fourth-order valence-corrected chi connectivity index (χ4v) is 8.22. The van der Waals surface area contributed by atoms with Crippen molar-refractivity contribution in [3.8, 4) is 11.1 Å². The van der Waals surface area contributed by atoms with Crippen molar-refractivity contribution in [2.24, 2.45) is 0 Å². The molecule has 2 aromatic rings. The van der Waals surface area contributed by atoms with Crippen LogP contribution in [0.3, 0.4) is 0 Å². The molecule has 0 fully saturated rings. The van der Waals surface area contributed by atoms with Crippen molar-refractivity contribution >= 4 is 35.6 Å². The third kappa shape index (κ3) is 37.0. The molecule has 0 bridgehead atoms. The first-order valence-corrected chi connectivity index (χ1v) is 28.7. The Labute approximate surface area is 465 Å². The third-order valence-electron chi connectivity index (χ3n) is 12.3. The summed E-state index contributed by atoms with van der Waals surface area (Å²) < 4.78 is 32.6. The van der Waals surface area contributed by atoms with Gasteiger partial charge in [-0.15, -0.1) is 0 Å². The molecule has 2 rings (SSSR count). The second-order valence-electron chi connectivity index (χ2n) is 21.7. The molecule has 0 saturated heterocycles. The van der Waals surface area contributed by atoms with Gasteiger partial charge in [-0.25, -0.2) is 4.79 Å². The fourth-order valence-electron chi connectivity index (χ4n) is 8.22. The number of hydrogen-bond acceptors (Lipinski definition) is 14. The minimum Gasteiger partial charge on any atom is -0.460 e. The van der Waals surface area contributed by atoms with Crippen molar-refractivity contribution in [2.75, 3.05) is 72.5 Å². The number of aliphatic hydroxyl groups is 2. The zero-order chi connectivity index (χ0) is 57.3. The quantitative estimate of drug-likeness (QED) is 0.0273. The topological polar surface area (TPSA) is 246 Å². The lowest BCUT2D eigenvalue weighted by atomic mass is 9.96. The van der Waals surface area contributed by atoms with Crippen LogP contribution in [0.4, 0.5) is 0 Å². The van der Waals surface area contributed by atoms with Crippen LogP contribution < -0.4 is 21.3 Å². The van der Waals surface area contributed by atoms with E-state index in [2.05, 4.69) is 27.3 Å². The van der Waals surface area contributed by atoms with Crippen molar-refractivity contribution in [3.05, 3.63) is 59.2 Å². The first-order valence-electron chi connectivity index (χ1n) is 28.7. The number of amides is 4. The third-order valence-corrected chi connectivity index (χ3v) is 12.3. The van der Waals surface area contributed by atoms with Crippen molar-refractivity contribution < 1.29 is 67.4 Å². The first kappa shape index (κ1) is 69.1. The van der Waals surface area contributed by atoms with Gasteiger partial charge in [0.05, 0.1) is 52.9 Å². The van der Waals surface area contributed by atoms with Crippen molar-refractivity contribution in [1.82, 2.24) is 21.3 Å². The van der Waals surface area contributed by atoms with Crippen LogP contribution in [-0.4, -0.2) is 136 Å². The summed E-state index contributed by atoms with van der Waals surface area (Å²) in [6.45, 7) is 12.9. The average molecular weight is 1100 g/mol. The molecule has 6 N–H and O–H groups in total. The number of rotatable bonds is 45. The van der Waals surface area contributed by atoms with Crippen molar-refractivity contribution in [3.63, 3.8) is 0 Å². The van der Waals surface area contributed by atoms with Gasteiger partial charge in [0.15, 0.2) is 0 Å². The highest BCUT2D eigenvalue weighted by Crippen LogP contribution is 2.25. The zero-order valence-electron chi connectivity index (χ0n) is 48.2. The molecule has 2 aromatic carbocycles. The molecule has 0 aliphatic rings. The largest absolute Gasteiger partial charge is 0.460 e. The summed E-state index contributed by atoms with van der Waals surface area (Å²) in [6, 6.07) is 12.7. The molecule has 0 aromatic heterocycles. The molecule has 1 unspecified atom stereocenters. The van der Waals surface area contributed by atoms with E-state index < -0.39 is 23.2 Å². The Morgan fingerprint density at radius 1 is 0.462 bits per heavy atom. The first-order chi connectivity index (χ1) is 37.4. The van der Waals surface area contributed by atoms with E-state index in [1.54, 1.807) is 20.8 Å². The lowest BCUT2D eigenvalue weighted by molar-refractivity contribution is -0.159. The second kappa shape index (κ2) is 42.0. The van der Waals surface area contributed by atoms with E-state index in [1.807, 2.05) is 57.2 Å². The van der Waals surface area contributed by atoms with Gasteiger partial charge in [-0.05, 0) is 101 Å². The molecule has 0 aliphatic heterocycles. The van der Waals surface area contributed by atoms with Crippen molar-refractivity contribution in [2.45, 2.75) is 200 Å². The van der Waals surface area contributed by atoms with E-state index in [0.29, 0.717) is 32.2 Å². The molecular formula is C60H98N4O14. The summed E-state index contributed by atoms with van der Waals surface area (Å²) >= 11 is 0. The normalized spacial score (nSPS) is 11.9. The highest BCUT2D eigenvalue weighted by atomic mass is 16.6. The summed E-state index contributed by atoms with van der Waals surface area (Å²) in [5.41, 5.74) is 3.56. The van der Waals surface area contributed by atoms with Crippen LogP contribution in [0, 0.1) is 0 Å². The number of ether oxygens (including phenoxy) is 6. The summed E-state index contributed by atoms with van der Waals surface area (Å²) in [5.74, 6) is -1.76. The van der Waals surface area contributed by atoms with E-state index >= 15 is 0 Å². The Balaban J connectivity index is 1.43. The monoisotopic (exact) mass is 1100 g/mol. The van der Waals surface area contributed by atoms with Crippen LogP contribution in [0.25, 0.3) is 11.1 Å². The molecule has 18 heteroatoms. The number of nitrogens with one attached hydrogen (secondary N) is 4. The Kier molecular flexibility index (Phi) is 37.2. The van der Waals surface area contributed by atoms with Gasteiger partial charge >= 0.3 is 11.9 Å². The average Bonchev–Trinajstić information content (AvgIpc) is 3.39. The van der Waals surface area contributed by atoms with Crippen LogP contribution >= 0.6 is 0 Å². The molecule has 0 saturated carbocycles. The molecule has 0 heterocycles. The standard InChI is InChI=1S/C60H98N4O14/c1-59(2,3)77-57(71)24-20-18-16-14-12-10-8-7-9-11-13-15-17-19-23-54(68)64-52(58(72)78-60(4,5)6)31-32-53(67)62-34-36-73-38-41-76-46-56(70)63-35-37-74-39-40-75-45-55(69)61-33-21-22-49-42-50(29-30-51(49)44-66)48-27-25-47(43-65)26-28-48/h25-30,42,52,65-66H,7-24,31-41,43-46H2,1-6H3,(H,61,69)(H,62,67)(H,63,70)(H,64,68). The molecular weight excluding hydrogens is 1000 g/mol. The predicted octanol–water partition coefficient (Wildman–Crippen LogP) is 7.88. The molecule has 0 aliphatic carbocycles. The number of carbonyl (C=O) groups excluding carboxylic acids is 6. The van der Waals surface area contributed by atoms with E-state index in [-0.39, 0.29) is 122 Å². The maximum Gasteiger partial charge on any atom is 0.329 e. The molecule has 1 atom stereocenters. The number of carbonyl (C=O) groups is 6. The summed E-state index contributed by atoms with van der Waals surface area (Å²) in [7, 11) is 0. The predicted molar refractivity (Wildman–Crippen MR) is 301 cm³/mol. The fraction of sp³-hybridized carbons (Fsp3) is 0.700. The SMILES string of the molecule is CC(C)(C)OC(=O)CCCCCCCCCCCCCCCCC(=O)NC(CCC(=O)NCCOCCOCC(=O)NCCOCCOCC(=O)NCCCc1cc(-c2ccc(CO)cc2)ccc1CO)C(=O)OC(C)(C)C. The number of aryl methyl sites for hydroxylation is 1. The Hall–Kier alpha value is -4.98. The smallest absolute Gasteiger partial charge is 0.329 e. The van der Waals surface area contributed by atoms with Gasteiger partial charge in [0.2, 0.25) is 23.6 Å². The number of hydrogen-bond donors (Lipinski definition) is 6. The van der Waals surface area contributed by atoms with Crippen LogP contribution in [0.1, 0.15) is 180 Å². The Morgan fingerprint density at radius 2 is 0.936 bits per heavy atom. The molecule has 78 heavy (non-hydrogen) atoms. The lowest BCUT2D eigenvalue weighted by Crippen LogP contribution is -2.44. The van der Waals surface area contributed by atoms with Gasteiger partial charge in [0, 0.05) is 38.9 Å². The van der Waals surface area contributed by atoms with Crippen LogP contribution in [0.2, 0.25) is 0 Å². The highest BCUT2D eigenvalue weighted by molar-refractivity contribution is 5.85. The van der Waals surface area contributed by atoms with E-state index in [4.69, 9.17) is 28.4 Å². The van der Waals surface area contributed by atoms with E-state index in [0.717, 1.165) is 66.3 Å². The number of unbranched alkanes of at least 4 members (excludes halogenated alkanes) is 13. The van der Waals surface area contributed by atoms with Crippen LogP contribution in [-0.2, 0) is 76.8 Å². The van der Waals surface area contributed by atoms with Gasteiger partial charge in [0.1, 0.15) is 30.5 Å². The van der Waals surface area contributed by atoms with Gasteiger partial charge in [-0.3, -0.25) is 24.0 Å². The molecule has 442 valence electrons. The molecule has 0 spiro atoms. The minimum atomic E-state index is -0.941. The Bertz CT molecular complexity index is 1990. The Morgan fingerprint density at radius 3 is 1.45 bits per heavy atom. The molecule has 0 radical (unpaired) electrons. The number of aliphatic hydroxyl groups excluding tert-OH is 2. The summed E-state index contributed by atoms with van der Waals surface area (Å²) in [6.07, 6.45) is 17.9. The summed E-state index contributed by atoms with van der Waals surface area (Å²) in [5, 5.41) is 30.2. The van der Waals surface area contributed by atoms with Gasteiger partial charge in [-0.2, -0.15) is 0 Å². The van der Waals surface area contributed by atoms with Crippen molar-refractivity contribution in [1.29, 1.82) is 0 Å². The van der Waals surface area contributed by atoms with Gasteiger partial charge in [0.25, 0.3) is 0 Å². The van der Waals surface area contributed by atoms with Gasteiger partial charge in [-0.1, -0.05) is 120 Å². The minimum absolute atomic E-state index is 0.00977.